The molecule has 1 aromatic rings. The highest BCUT2D eigenvalue weighted by molar-refractivity contribution is 6.31. The maximum Gasteiger partial charge on any atom is 0.317 e. The van der Waals surface area contributed by atoms with Crippen LogP contribution in [0, 0.1) is 0 Å². The number of β-amino-alcohol motifs (C(OH)–C–C–N with tert-alkyl or cyclic N) is 1. The molecule has 1 unspecified atom stereocenters. The maximum atomic E-state index is 12.3. The average Bonchev–Trinajstić information content (AvgIpc) is 2.50. The Morgan fingerprint density at radius 1 is 1.38 bits per heavy atom. The second kappa shape index (κ2) is 8.19. The fourth-order valence-corrected chi connectivity index (χ4v) is 3.26. The molecule has 1 heterocycles. The second-order valence-electron chi connectivity index (χ2n) is 7.15. The lowest BCUT2D eigenvalue weighted by molar-refractivity contribution is 0.00295. The van der Waals surface area contributed by atoms with Gasteiger partial charge in [-0.2, -0.15) is 0 Å². The van der Waals surface area contributed by atoms with Crippen LogP contribution < -0.4 is 5.32 Å². The van der Waals surface area contributed by atoms with Gasteiger partial charge >= 0.3 is 6.03 Å². The van der Waals surface area contributed by atoms with E-state index in [9.17, 15) is 9.90 Å². The van der Waals surface area contributed by atoms with Gasteiger partial charge in [-0.3, -0.25) is 4.90 Å². The summed E-state index contributed by atoms with van der Waals surface area (Å²) in [4.78, 5) is 16.4. The van der Waals surface area contributed by atoms with Crippen molar-refractivity contribution >= 4 is 17.6 Å². The summed E-state index contributed by atoms with van der Waals surface area (Å²) in [5.41, 5.74) is 0.330. The first-order chi connectivity index (χ1) is 11.3. The zero-order valence-corrected chi connectivity index (χ0v) is 15.5. The molecule has 6 heteroatoms. The SMILES string of the molecule is CC1CN(C(=O)NCCc2ccccc2Cl)CCN1CC(C)(C)O. The molecule has 1 aliphatic rings. The predicted molar refractivity (Wildman–Crippen MR) is 97.5 cm³/mol. The number of nitrogens with zero attached hydrogens (tertiary/aromatic N) is 2. The molecule has 2 rings (SSSR count). The van der Waals surface area contributed by atoms with Crippen molar-refractivity contribution in [1.29, 1.82) is 0 Å². The lowest BCUT2D eigenvalue weighted by atomic mass is 10.1. The fraction of sp³-hybridized carbons (Fsp3) is 0.611. The summed E-state index contributed by atoms with van der Waals surface area (Å²) in [5.74, 6) is 0. The summed E-state index contributed by atoms with van der Waals surface area (Å²) >= 11 is 6.13. The van der Waals surface area contributed by atoms with Crippen LogP contribution in [0.4, 0.5) is 4.79 Å². The number of piperazine rings is 1. The Labute approximate surface area is 149 Å². The number of urea groups is 1. The Kier molecular flexibility index (Phi) is 6.49. The lowest BCUT2D eigenvalue weighted by Gasteiger charge is -2.41. The molecule has 0 aliphatic carbocycles. The van der Waals surface area contributed by atoms with Crippen LogP contribution in [0.1, 0.15) is 26.3 Å². The normalized spacial score (nSPS) is 19.4. The molecular weight excluding hydrogens is 326 g/mol. The fourth-order valence-electron chi connectivity index (χ4n) is 3.03. The smallest absolute Gasteiger partial charge is 0.317 e. The minimum absolute atomic E-state index is 0.0307. The van der Waals surface area contributed by atoms with Crippen LogP contribution >= 0.6 is 11.6 Å². The van der Waals surface area contributed by atoms with Crippen LogP contribution in [-0.4, -0.2) is 65.3 Å². The minimum atomic E-state index is -0.715. The predicted octanol–water partition coefficient (Wildman–Crippen LogP) is 2.37. The first-order valence-corrected chi connectivity index (χ1v) is 8.87. The number of hydrogen-bond donors (Lipinski definition) is 2. The van der Waals surface area contributed by atoms with Crippen LogP contribution in [0.3, 0.4) is 0 Å². The van der Waals surface area contributed by atoms with Gasteiger partial charge in [0.05, 0.1) is 5.60 Å². The number of amides is 2. The van der Waals surface area contributed by atoms with E-state index >= 15 is 0 Å². The van der Waals surface area contributed by atoms with E-state index in [0.717, 1.165) is 23.6 Å². The number of hydrogen-bond acceptors (Lipinski definition) is 3. The first kappa shape index (κ1) is 19.0. The maximum absolute atomic E-state index is 12.3. The van der Waals surface area contributed by atoms with Gasteiger partial charge in [0.25, 0.3) is 0 Å². The molecule has 134 valence electrons. The zero-order chi connectivity index (χ0) is 17.7. The molecule has 0 radical (unpaired) electrons. The molecule has 5 nitrogen and oxygen atoms in total. The van der Waals surface area contributed by atoms with Crippen molar-refractivity contribution in [3.05, 3.63) is 34.9 Å². The highest BCUT2D eigenvalue weighted by Gasteiger charge is 2.29. The molecule has 1 saturated heterocycles. The molecular formula is C18H28ClN3O2. The Bertz CT molecular complexity index is 559. The molecule has 24 heavy (non-hydrogen) atoms. The van der Waals surface area contributed by atoms with Gasteiger partial charge in [0.1, 0.15) is 0 Å². The number of aliphatic hydroxyl groups is 1. The van der Waals surface area contributed by atoms with Gasteiger partial charge in [0.2, 0.25) is 0 Å². The van der Waals surface area contributed by atoms with E-state index in [1.165, 1.54) is 0 Å². The molecule has 1 atom stereocenters. The third-order valence-corrected chi connectivity index (χ3v) is 4.64. The minimum Gasteiger partial charge on any atom is -0.389 e. The Morgan fingerprint density at radius 2 is 2.08 bits per heavy atom. The molecule has 2 N–H and O–H groups in total. The van der Waals surface area contributed by atoms with E-state index in [4.69, 9.17) is 11.6 Å². The third kappa shape index (κ3) is 5.65. The summed E-state index contributed by atoms with van der Waals surface area (Å²) in [5, 5.41) is 13.7. The van der Waals surface area contributed by atoms with Crippen LogP contribution in [0.15, 0.2) is 24.3 Å². The first-order valence-electron chi connectivity index (χ1n) is 8.49. The monoisotopic (exact) mass is 353 g/mol. The molecule has 0 saturated carbocycles. The van der Waals surface area contributed by atoms with E-state index in [1.807, 2.05) is 43.0 Å². The molecule has 2 amide bonds. The summed E-state index contributed by atoms with van der Waals surface area (Å²) in [6, 6.07) is 7.90. The topological polar surface area (TPSA) is 55.8 Å². The van der Waals surface area contributed by atoms with Crippen molar-refractivity contribution in [3.63, 3.8) is 0 Å². The summed E-state index contributed by atoms with van der Waals surface area (Å²) < 4.78 is 0. The molecule has 1 aromatic carbocycles. The summed E-state index contributed by atoms with van der Waals surface area (Å²) in [6.07, 6.45) is 0.722. The molecule has 0 spiro atoms. The van der Waals surface area contributed by atoms with Gasteiger partial charge in [-0.25, -0.2) is 4.79 Å². The van der Waals surface area contributed by atoms with Crippen molar-refractivity contribution in [2.75, 3.05) is 32.7 Å². The Balaban J connectivity index is 1.77. The van der Waals surface area contributed by atoms with E-state index in [1.54, 1.807) is 0 Å². The third-order valence-electron chi connectivity index (χ3n) is 4.27. The van der Waals surface area contributed by atoms with Crippen molar-refractivity contribution in [2.45, 2.75) is 38.8 Å². The molecule has 0 bridgehead atoms. The van der Waals surface area contributed by atoms with E-state index in [0.29, 0.717) is 26.2 Å². The van der Waals surface area contributed by atoms with Crippen molar-refractivity contribution in [3.8, 4) is 0 Å². The van der Waals surface area contributed by atoms with Gasteiger partial charge in [0, 0.05) is 43.8 Å². The largest absolute Gasteiger partial charge is 0.389 e. The second-order valence-corrected chi connectivity index (χ2v) is 7.56. The number of nitrogens with one attached hydrogen (secondary N) is 1. The van der Waals surface area contributed by atoms with Crippen LogP contribution in [-0.2, 0) is 6.42 Å². The quantitative estimate of drug-likeness (QED) is 0.854. The zero-order valence-electron chi connectivity index (χ0n) is 14.8. The van der Waals surface area contributed by atoms with Gasteiger partial charge in [-0.05, 0) is 38.8 Å². The Hall–Kier alpha value is -1.30. The number of benzene rings is 1. The molecule has 1 fully saturated rings. The number of rotatable bonds is 5. The van der Waals surface area contributed by atoms with E-state index < -0.39 is 5.60 Å². The number of carbonyl (C=O) groups is 1. The highest BCUT2D eigenvalue weighted by Crippen LogP contribution is 2.16. The molecule has 1 aliphatic heterocycles. The lowest BCUT2D eigenvalue weighted by Crippen LogP contribution is -2.58. The highest BCUT2D eigenvalue weighted by atomic mass is 35.5. The van der Waals surface area contributed by atoms with Crippen LogP contribution in [0.25, 0.3) is 0 Å². The van der Waals surface area contributed by atoms with Crippen molar-refractivity contribution in [2.24, 2.45) is 0 Å². The number of carbonyl (C=O) groups excluding carboxylic acids is 1. The summed E-state index contributed by atoms with van der Waals surface area (Å²) in [6.45, 7) is 9.04. The molecule has 0 aromatic heterocycles. The van der Waals surface area contributed by atoms with Gasteiger partial charge in [0.15, 0.2) is 0 Å². The van der Waals surface area contributed by atoms with Gasteiger partial charge < -0.3 is 15.3 Å². The van der Waals surface area contributed by atoms with Crippen molar-refractivity contribution in [1.82, 2.24) is 15.1 Å². The van der Waals surface area contributed by atoms with Gasteiger partial charge in [-0.1, -0.05) is 29.8 Å². The van der Waals surface area contributed by atoms with E-state index in [2.05, 4.69) is 17.1 Å². The number of halogens is 1. The van der Waals surface area contributed by atoms with Gasteiger partial charge in [-0.15, -0.1) is 0 Å². The summed E-state index contributed by atoms with van der Waals surface area (Å²) in [7, 11) is 0. The van der Waals surface area contributed by atoms with E-state index in [-0.39, 0.29) is 12.1 Å². The van der Waals surface area contributed by atoms with Crippen molar-refractivity contribution < 1.29 is 9.90 Å². The standard InChI is InChI=1S/C18H28ClN3O2/c1-14-12-21(10-11-22(14)13-18(2,3)24)17(23)20-9-8-15-6-4-5-7-16(15)19/h4-7,14,24H,8-13H2,1-3H3,(H,20,23). The van der Waals surface area contributed by atoms with Crippen LogP contribution in [0.2, 0.25) is 5.02 Å². The average molecular weight is 354 g/mol. The van der Waals surface area contributed by atoms with Crippen LogP contribution in [0.5, 0.6) is 0 Å². The Morgan fingerprint density at radius 3 is 2.71 bits per heavy atom.